The molecule has 0 bridgehead atoms. The maximum atomic E-state index is 12.8. The molecule has 1 unspecified atom stereocenters. The molecule has 0 aromatic heterocycles. The quantitative estimate of drug-likeness (QED) is 0.430. The second-order valence-electron chi connectivity index (χ2n) is 7.46. The molecule has 2 aromatic rings. The highest BCUT2D eigenvalue weighted by molar-refractivity contribution is 6.06. The summed E-state index contributed by atoms with van der Waals surface area (Å²) in [6.45, 7) is 7.87. The lowest BCUT2D eigenvalue weighted by molar-refractivity contribution is -0.385. The third-order valence-corrected chi connectivity index (χ3v) is 4.52. The summed E-state index contributed by atoms with van der Waals surface area (Å²) in [5, 5.41) is 14.0. The number of hydrogen-bond acceptors (Lipinski definition) is 6. The highest BCUT2D eigenvalue weighted by Gasteiger charge is 2.20. The zero-order valence-electron chi connectivity index (χ0n) is 18.0. The molecular formula is C22H27N3O6. The van der Waals surface area contributed by atoms with Gasteiger partial charge in [-0.25, -0.2) is 0 Å². The molecule has 166 valence electrons. The minimum atomic E-state index is -0.620. The Bertz CT molecular complexity index is 974. The van der Waals surface area contributed by atoms with E-state index in [0.717, 1.165) is 6.42 Å². The summed E-state index contributed by atoms with van der Waals surface area (Å²) in [6.07, 6.45) is 0.646. The highest BCUT2D eigenvalue weighted by Crippen LogP contribution is 2.31. The summed E-state index contributed by atoms with van der Waals surface area (Å²) < 4.78 is 11.3. The average Bonchev–Trinajstić information content (AvgIpc) is 2.72. The van der Waals surface area contributed by atoms with Gasteiger partial charge in [-0.05, 0) is 44.0 Å². The molecule has 0 aliphatic carbocycles. The van der Waals surface area contributed by atoms with E-state index >= 15 is 0 Å². The second-order valence-corrected chi connectivity index (χ2v) is 7.46. The molecule has 9 nitrogen and oxygen atoms in total. The van der Waals surface area contributed by atoms with E-state index in [1.807, 2.05) is 13.8 Å². The summed E-state index contributed by atoms with van der Waals surface area (Å²) in [7, 11) is 0. The van der Waals surface area contributed by atoms with Gasteiger partial charge in [-0.1, -0.05) is 20.3 Å². The third-order valence-electron chi connectivity index (χ3n) is 4.52. The van der Waals surface area contributed by atoms with Gasteiger partial charge in [0.05, 0.1) is 23.3 Å². The number of nitrogens with two attached hydrogens (primary N) is 1. The third kappa shape index (κ3) is 6.43. The molecule has 0 radical (unpaired) electrons. The van der Waals surface area contributed by atoms with Gasteiger partial charge in [0.25, 0.3) is 5.91 Å². The van der Waals surface area contributed by atoms with Gasteiger partial charge in [0, 0.05) is 23.3 Å². The summed E-state index contributed by atoms with van der Waals surface area (Å²) >= 11 is 0. The number of nitro groups is 1. The molecule has 1 atom stereocenters. The van der Waals surface area contributed by atoms with Crippen LogP contribution in [-0.2, 0) is 0 Å². The first-order valence-electron chi connectivity index (χ1n) is 9.95. The van der Waals surface area contributed by atoms with Crippen LogP contribution >= 0.6 is 0 Å². The Morgan fingerprint density at radius 1 is 1.10 bits per heavy atom. The fourth-order valence-electron chi connectivity index (χ4n) is 2.60. The van der Waals surface area contributed by atoms with E-state index in [0.29, 0.717) is 12.3 Å². The van der Waals surface area contributed by atoms with Crippen molar-refractivity contribution in [3.8, 4) is 11.5 Å². The minimum Gasteiger partial charge on any atom is -0.489 e. The smallest absolute Gasteiger partial charge is 0.310 e. The van der Waals surface area contributed by atoms with Gasteiger partial charge in [-0.15, -0.1) is 0 Å². The Kier molecular flexibility index (Phi) is 7.95. The van der Waals surface area contributed by atoms with Crippen molar-refractivity contribution in [1.82, 2.24) is 0 Å². The largest absolute Gasteiger partial charge is 0.489 e. The number of nitrogens with one attached hydrogen (secondary N) is 1. The zero-order valence-corrected chi connectivity index (χ0v) is 18.0. The lowest BCUT2D eigenvalue weighted by atomic mass is 10.1. The Balaban J connectivity index is 2.32. The van der Waals surface area contributed by atoms with Gasteiger partial charge in [-0.2, -0.15) is 0 Å². The van der Waals surface area contributed by atoms with Crippen molar-refractivity contribution in [2.45, 2.75) is 40.2 Å². The SMILES string of the molecule is CCC(C)COc1cc(C(=O)Nc2ccc(C(N)=O)cc2OC(C)C)ccc1[N+](=O)[O-]. The van der Waals surface area contributed by atoms with Gasteiger partial charge in [0.1, 0.15) is 5.75 Å². The van der Waals surface area contributed by atoms with E-state index in [2.05, 4.69) is 5.32 Å². The predicted octanol–water partition coefficient (Wildman–Crippen LogP) is 4.16. The van der Waals surface area contributed by atoms with Crippen LogP contribution in [0.5, 0.6) is 11.5 Å². The second kappa shape index (κ2) is 10.4. The lowest BCUT2D eigenvalue weighted by Crippen LogP contribution is -2.17. The number of carbonyl (C=O) groups excluding carboxylic acids is 2. The maximum absolute atomic E-state index is 12.8. The monoisotopic (exact) mass is 429 g/mol. The van der Waals surface area contributed by atoms with Crippen LogP contribution in [0.2, 0.25) is 0 Å². The van der Waals surface area contributed by atoms with Crippen molar-refractivity contribution in [3.63, 3.8) is 0 Å². The average molecular weight is 429 g/mol. The molecule has 3 N–H and O–H groups in total. The van der Waals surface area contributed by atoms with Crippen molar-refractivity contribution in [3.05, 3.63) is 57.6 Å². The van der Waals surface area contributed by atoms with E-state index in [4.69, 9.17) is 15.2 Å². The fraction of sp³-hybridized carbons (Fsp3) is 0.364. The van der Waals surface area contributed by atoms with Crippen LogP contribution < -0.4 is 20.5 Å². The Labute approximate surface area is 180 Å². The summed E-state index contributed by atoms with van der Waals surface area (Å²) in [6, 6.07) is 8.38. The first kappa shape index (κ1) is 23.7. The van der Waals surface area contributed by atoms with E-state index in [-0.39, 0.29) is 40.3 Å². The standard InChI is InChI=1S/C22H27N3O6/c1-5-14(4)12-30-20-11-16(7-9-18(20)25(28)29)22(27)24-17-8-6-15(21(23)26)10-19(17)31-13(2)3/h6-11,13-14H,5,12H2,1-4H3,(H2,23,26)(H,24,27). The summed E-state index contributed by atoms with van der Waals surface area (Å²) in [4.78, 5) is 35.0. The van der Waals surface area contributed by atoms with E-state index < -0.39 is 16.7 Å². The minimum absolute atomic E-state index is 0.0284. The van der Waals surface area contributed by atoms with Crippen molar-refractivity contribution in [1.29, 1.82) is 0 Å². The maximum Gasteiger partial charge on any atom is 0.310 e. The molecule has 0 heterocycles. The number of nitrogens with zero attached hydrogens (tertiary/aromatic N) is 1. The van der Waals surface area contributed by atoms with Crippen molar-refractivity contribution in [2.75, 3.05) is 11.9 Å². The Morgan fingerprint density at radius 2 is 1.74 bits per heavy atom. The summed E-state index contributed by atoms with van der Waals surface area (Å²) in [5.74, 6) is -0.610. The topological polar surface area (TPSA) is 134 Å². The van der Waals surface area contributed by atoms with Crippen LogP contribution in [0.4, 0.5) is 11.4 Å². The van der Waals surface area contributed by atoms with Crippen molar-refractivity contribution < 1.29 is 24.0 Å². The first-order valence-corrected chi connectivity index (χ1v) is 9.95. The van der Waals surface area contributed by atoms with E-state index in [1.54, 1.807) is 13.8 Å². The number of amides is 2. The number of carbonyl (C=O) groups is 2. The molecule has 0 fully saturated rings. The molecule has 31 heavy (non-hydrogen) atoms. The number of nitro benzene ring substituents is 1. The van der Waals surface area contributed by atoms with Crippen LogP contribution in [0.25, 0.3) is 0 Å². The van der Waals surface area contributed by atoms with Crippen LogP contribution in [0.3, 0.4) is 0 Å². The normalized spacial score (nSPS) is 11.6. The van der Waals surface area contributed by atoms with Crippen LogP contribution in [0, 0.1) is 16.0 Å². The van der Waals surface area contributed by atoms with E-state index in [9.17, 15) is 19.7 Å². The number of ether oxygens (including phenoxy) is 2. The van der Waals surface area contributed by atoms with Gasteiger partial charge in [-0.3, -0.25) is 19.7 Å². The predicted molar refractivity (Wildman–Crippen MR) is 117 cm³/mol. The molecule has 0 spiro atoms. The molecule has 2 aromatic carbocycles. The van der Waals surface area contributed by atoms with Crippen LogP contribution in [0.1, 0.15) is 54.8 Å². The van der Waals surface area contributed by atoms with E-state index in [1.165, 1.54) is 36.4 Å². The van der Waals surface area contributed by atoms with Crippen molar-refractivity contribution in [2.24, 2.45) is 11.7 Å². The molecule has 2 rings (SSSR count). The lowest BCUT2D eigenvalue weighted by Gasteiger charge is -2.16. The molecule has 9 heteroatoms. The molecule has 0 aliphatic rings. The zero-order chi connectivity index (χ0) is 23.1. The molecule has 2 amide bonds. The number of anilines is 1. The Morgan fingerprint density at radius 3 is 2.32 bits per heavy atom. The number of hydrogen-bond donors (Lipinski definition) is 2. The molecule has 0 saturated carbocycles. The van der Waals surface area contributed by atoms with Crippen LogP contribution in [-0.4, -0.2) is 29.4 Å². The number of benzene rings is 2. The highest BCUT2D eigenvalue weighted by atomic mass is 16.6. The molecule has 0 saturated heterocycles. The first-order chi connectivity index (χ1) is 14.6. The van der Waals surface area contributed by atoms with Gasteiger partial charge in [0.2, 0.25) is 5.91 Å². The number of primary amides is 1. The van der Waals surface area contributed by atoms with Gasteiger partial charge in [0.15, 0.2) is 5.75 Å². The number of rotatable bonds is 10. The molecular weight excluding hydrogens is 402 g/mol. The molecule has 0 aliphatic heterocycles. The van der Waals surface area contributed by atoms with Gasteiger partial charge >= 0.3 is 5.69 Å². The van der Waals surface area contributed by atoms with Crippen LogP contribution in [0.15, 0.2) is 36.4 Å². The summed E-state index contributed by atoms with van der Waals surface area (Å²) in [5.41, 5.74) is 5.86. The Hall–Kier alpha value is -3.62. The van der Waals surface area contributed by atoms with Crippen molar-refractivity contribution >= 4 is 23.2 Å². The fourth-order valence-corrected chi connectivity index (χ4v) is 2.60. The van der Waals surface area contributed by atoms with Gasteiger partial charge < -0.3 is 20.5 Å².